The normalized spacial score (nSPS) is 13.9. The van der Waals surface area contributed by atoms with Crippen molar-refractivity contribution in [3.05, 3.63) is 113 Å². The van der Waals surface area contributed by atoms with Gasteiger partial charge in [0.1, 0.15) is 11.5 Å². The highest BCUT2D eigenvalue weighted by Crippen LogP contribution is 2.35. The number of amides is 2. The van der Waals surface area contributed by atoms with Crippen molar-refractivity contribution in [2.45, 2.75) is 0 Å². The number of fused-ring (bicyclic) bond motifs is 1. The number of rotatable bonds is 4. The first-order valence-electron chi connectivity index (χ1n) is 9.92. The van der Waals surface area contributed by atoms with Crippen molar-refractivity contribution >= 4 is 51.1 Å². The van der Waals surface area contributed by atoms with E-state index in [9.17, 15) is 14.0 Å². The standard InChI is InChI=1S/C26H16ClFN2O2/c27-18-10-14-20(15-11-18)30-25(31)23(17-8-12-19(28)13-9-17)24(26(30)32)29-22-7-3-5-16-4-1-2-6-21(16)22/h1-15,29H. The van der Waals surface area contributed by atoms with E-state index in [1.165, 1.54) is 24.3 Å². The van der Waals surface area contributed by atoms with Crippen molar-refractivity contribution in [3.63, 3.8) is 0 Å². The van der Waals surface area contributed by atoms with Gasteiger partial charge in [-0.05, 0) is 53.4 Å². The maximum absolute atomic E-state index is 13.5. The average Bonchev–Trinajstić information content (AvgIpc) is 3.05. The maximum Gasteiger partial charge on any atom is 0.282 e. The molecule has 156 valence electrons. The summed E-state index contributed by atoms with van der Waals surface area (Å²) >= 11 is 5.98. The van der Waals surface area contributed by atoms with E-state index in [0.717, 1.165) is 15.7 Å². The number of carbonyl (C=O) groups is 2. The molecule has 1 aliphatic heterocycles. The lowest BCUT2D eigenvalue weighted by molar-refractivity contribution is -0.120. The van der Waals surface area contributed by atoms with Crippen LogP contribution >= 0.6 is 11.6 Å². The predicted molar refractivity (Wildman–Crippen MR) is 125 cm³/mol. The molecule has 1 N–H and O–H groups in total. The monoisotopic (exact) mass is 442 g/mol. The molecule has 0 fully saturated rings. The van der Waals surface area contributed by atoms with E-state index in [0.29, 0.717) is 22.0 Å². The van der Waals surface area contributed by atoms with Gasteiger partial charge in [-0.25, -0.2) is 9.29 Å². The molecular weight excluding hydrogens is 427 g/mol. The Balaban J connectivity index is 1.65. The number of nitrogens with one attached hydrogen (secondary N) is 1. The lowest BCUT2D eigenvalue weighted by Gasteiger charge is -2.16. The summed E-state index contributed by atoms with van der Waals surface area (Å²) in [5.74, 6) is -1.42. The summed E-state index contributed by atoms with van der Waals surface area (Å²) in [5.41, 5.74) is 1.85. The van der Waals surface area contributed by atoms with E-state index >= 15 is 0 Å². The van der Waals surface area contributed by atoms with Gasteiger partial charge in [0.15, 0.2) is 0 Å². The Labute approximate surface area is 188 Å². The number of benzene rings is 4. The topological polar surface area (TPSA) is 49.4 Å². The van der Waals surface area contributed by atoms with Crippen LogP contribution in [0, 0.1) is 5.82 Å². The van der Waals surface area contributed by atoms with Crippen LogP contribution in [-0.2, 0) is 9.59 Å². The van der Waals surface area contributed by atoms with E-state index < -0.39 is 17.6 Å². The number of hydrogen-bond donors (Lipinski definition) is 1. The van der Waals surface area contributed by atoms with Crippen molar-refractivity contribution in [2.75, 3.05) is 10.2 Å². The molecule has 32 heavy (non-hydrogen) atoms. The van der Waals surface area contributed by atoms with Gasteiger partial charge in [0.05, 0.1) is 11.3 Å². The van der Waals surface area contributed by atoms with Crippen LogP contribution in [0.3, 0.4) is 0 Å². The summed E-state index contributed by atoms with van der Waals surface area (Å²) in [5, 5.41) is 5.58. The Kier molecular flexibility index (Phi) is 4.96. The highest BCUT2D eigenvalue weighted by molar-refractivity contribution is 6.46. The Morgan fingerprint density at radius 1 is 0.750 bits per heavy atom. The molecular formula is C26H16ClFN2O2. The fraction of sp³-hybridized carbons (Fsp3) is 0. The molecule has 0 aromatic heterocycles. The van der Waals surface area contributed by atoms with Crippen molar-refractivity contribution < 1.29 is 14.0 Å². The molecule has 0 saturated heterocycles. The van der Waals surface area contributed by atoms with Crippen LogP contribution in [0.2, 0.25) is 5.02 Å². The number of carbonyl (C=O) groups excluding carboxylic acids is 2. The molecule has 4 aromatic rings. The quantitative estimate of drug-likeness (QED) is 0.393. The summed E-state index contributed by atoms with van der Waals surface area (Å²) < 4.78 is 13.5. The molecule has 0 radical (unpaired) electrons. The molecule has 1 heterocycles. The van der Waals surface area contributed by atoms with Crippen LogP contribution in [0.15, 0.2) is 96.7 Å². The molecule has 5 rings (SSSR count). The molecule has 2 amide bonds. The zero-order valence-corrected chi connectivity index (χ0v) is 17.4. The first-order chi connectivity index (χ1) is 15.5. The summed E-state index contributed by atoms with van der Waals surface area (Å²) in [6.07, 6.45) is 0. The van der Waals surface area contributed by atoms with Crippen molar-refractivity contribution in [1.29, 1.82) is 0 Å². The third-order valence-corrected chi connectivity index (χ3v) is 5.60. The number of anilines is 2. The van der Waals surface area contributed by atoms with Gasteiger partial charge in [-0.2, -0.15) is 0 Å². The molecule has 1 aliphatic rings. The predicted octanol–water partition coefficient (Wildman–Crippen LogP) is 6.03. The van der Waals surface area contributed by atoms with Crippen molar-refractivity contribution in [3.8, 4) is 0 Å². The van der Waals surface area contributed by atoms with Crippen LogP contribution in [0.1, 0.15) is 5.56 Å². The van der Waals surface area contributed by atoms with Gasteiger partial charge in [0.25, 0.3) is 11.8 Å². The average molecular weight is 443 g/mol. The molecule has 0 spiro atoms. The Morgan fingerprint density at radius 2 is 1.44 bits per heavy atom. The Bertz CT molecular complexity index is 1390. The summed E-state index contributed by atoms with van der Waals surface area (Å²) in [6, 6.07) is 25.4. The zero-order chi connectivity index (χ0) is 22.2. The van der Waals surface area contributed by atoms with Gasteiger partial charge in [-0.1, -0.05) is 60.1 Å². The first kappa shape index (κ1) is 20.0. The van der Waals surface area contributed by atoms with Crippen molar-refractivity contribution in [2.24, 2.45) is 0 Å². The Hall–Kier alpha value is -3.96. The number of imide groups is 1. The molecule has 0 unspecified atom stereocenters. The SMILES string of the molecule is O=C1C(Nc2cccc3ccccc23)=C(c2ccc(F)cc2)C(=O)N1c1ccc(Cl)cc1. The van der Waals surface area contributed by atoms with Gasteiger partial charge in [-0.3, -0.25) is 9.59 Å². The van der Waals surface area contributed by atoms with E-state index in [1.807, 2.05) is 42.5 Å². The Morgan fingerprint density at radius 3 is 2.19 bits per heavy atom. The highest BCUT2D eigenvalue weighted by Gasteiger charge is 2.40. The van der Waals surface area contributed by atoms with Crippen LogP contribution < -0.4 is 10.2 Å². The summed E-state index contributed by atoms with van der Waals surface area (Å²) in [4.78, 5) is 28.0. The van der Waals surface area contributed by atoms with E-state index in [2.05, 4.69) is 5.32 Å². The van der Waals surface area contributed by atoms with Crippen LogP contribution in [0.4, 0.5) is 15.8 Å². The van der Waals surface area contributed by atoms with Crippen LogP contribution in [-0.4, -0.2) is 11.8 Å². The minimum atomic E-state index is -0.496. The molecule has 0 aliphatic carbocycles. The van der Waals surface area contributed by atoms with Gasteiger partial charge in [0, 0.05) is 16.1 Å². The highest BCUT2D eigenvalue weighted by atomic mass is 35.5. The lowest BCUT2D eigenvalue weighted by Crippen LogP contribution is -2.32. The summed E-state index contributed by atoms with van der Waals surface area (Å²) in [7, 11) is 0. The second kappa shape index (κ2) is 7.94. The van der Waals surface area contributed by atoms with Crippen LogP contribution in [0.5, 0.6) is 0 Å². The fourth-order valence-electron chi connectivity index (χ4n) is 3.82. The van der Waals surface area contributed by atoms with E-state index in [1.54, 1.807) is 24.3 Å². The molecule has 0 atom stereocenters. The molecule has 0 saturated carbocycles. The van der Waals surface area contributed by atoms with Gasteiger partial charge < -0.3 is 5.32 Å². The number of hydrogen-bond acceptors (Lipinski definition) is 3. The minimum absolute atomic E-state index is 0.132. The maximum atomic E-state index is 13.5. The molecule has 4 aromatic carbocycles. The zero-order valence-electron chi connectivity index (χ0n) is 16.7. The van der Waals surface area contributed by atoms with E-state index in [-0.39, 0.29) is 11.3 Å². The van der Waals surface area contributed by atoms with Crippen LogP contribution in [0.25, 0.3) is 16.3 Å². The smallest absolute Gasteiger partial charge is 0.282 e. The number of nitrogens with zero attached hydrogens (tertiary/aromatic N) is 1. The first-order valence-corrected chi connectivity index (χ1v) is 10.3. The van der Waals surface area contributed by atoms with Gasteiger partial charge in [0.2, 0.25) is 0 Å². The van der Waals surface area contributed by atoms with E-state index in [4.69, 9.17) is 11.6 Å². The molecule has 4 nitrogen and oxygen atoms in total. The largest absolute Gasteiger partial charge is 0.350 e. The van der Waals surface area contributed by atoms with Gasteiger partial charge >= 0.3 is 0 Å². The van der Waals surface area contributed by atoms with Gasteiger partial charge in [-0.15, -0.1) is 0 Å². The fourth-order valence-corrected chi connectivity index (χ4v) is 3.95. The third-order valence-electron chi connectivity index (χ3n) is 5.35. The minimum Gasteiger partial charge on any atom is -0.350 e. The second-order valence-corrected chi connectivity index (χ2v) is 7.77. The van der Waals surface area contributed by atoms with Crippen molar-refractivity contribution in [1.82, 2.24) is 0 Å². The lowest BCUT2D eigenvalue weighted by atomic mass is 10.0. The summed E-state index contributed by atoms with van der Waals surface area (Å²) in [6.45, 7) is 0. The second-order valence-electron chi connectivity index (χ2n) is 7.33. The third kappa shape index (κ3) is 3.43. The molecule has 0 bridgehead atoms. The number of halogens is 2. The molecule has 6 heteroatoms.